The van der Waals surface area contributed by atoms with E-state index in [0.29, 0.717) is 19.3 Å². The van der Waals surface area contributed by atoms with Crippen molar-refractivity contribution in [2.24, 2.45) is 50.3 Å². The number of primary amides is 1. The van der Waals surface area contributed by atoms with Crippen molar-refractivity contribution in [3.8, 4) is 0 Å². The standard InChI is InChI=1S/C24H48N12O5/c1-12(2)11-17(18(26)37)36-22(41)16(8-6-10-32-24(29)30)35-20(39)14(4)33-21(40)15(34-19(38)13(3)25)7-5-9-31-23(27)28/h12-17H,5-11,25H2,1-4H3,(H2,26,37)(H,33,40)(H,34,38)(H,35,39)(H,36,41)(H4,27,28,31)(H4,29,30,32)/t13-,14-,15-,16-,17-/m0/s1. The van der Waals surface area contributed by atoms with Crippen LogP contribution in [0, 0.1) is 5.92 Å². The molecule has 0 spiro atoms. The molecule has 0 heterocycles. The molecule has 0 fully saturated rings. The molecule has 0 saturated carbocycles. The van der Waals surface area contributed by atoms with E-state index in [0.717, 1.165) is 0 Å². The average molecular weight is 585 g/mol. The zero-order valence-corrected chi connectivity index (χ0v) is 24.3. The van der Waals surface area contributed by atoms with Crippen LogP contribution < -0.4 is 55.7 Å². The van der Waals surface area contributed by atoms with E-state index in [1.807, 2.05) is 13.8 Å². The number of carbonyl (C=O) groups excluding carboxylic acids is 5. The Labute approximate surface area is 240 Å². The number of nitrogens with zero attached hydrogens (tertiary/aromatic N) is 2. The lowest BCUT2D eigenvalue weighted by molar-refractivity contribution is -0.134. The number of hydrogen-bond acceptors (Lipinski definition) is 8. The highest BCUT2D eigenvalue weighted by atomic mass is 16.2. The topological polar surface area (TPSA) is 314 Å². The molecule has 0 aliphatic carbocycles. The Morgan fingerprint density at radius 2 is 1.02 bits per heavy atom. The Morgan fingerprint density at radius 1 is 0.610 bits per heavy atom. The summed E-state index contributed by atoms with van der Waals surface area (Å²) in [4.78, 5) is 70.7. The fourth-order valence-electron chi connectivity index (χ4n) is 3.51. The van der Waals surface area contributed by atoms with Gasteiger partial charge in [-0.2, -0.15) is 0 Å². The van der Waals surface area contributed by atoms with Crippen LogP contribution in [0.15, 0.2) is 9.98 Å². The summed E-state index contributed by atoms with van der Waals surface area (Å²) in [5, 5.41) is 10.2. The van der Waals surface area contributed by atoms with Crippen molar-refractivity contribution in [3.63, 3.8) is 0 Å². The first-order chi connectivity index (χ1) is 19.0. The molecule has 5 amide bonds. The molecule has 41 heavy (non-hydrogen) atoms. The average Bonchev–Trinajstić information content (AvgIpc) is 2.85. The zero-order chi connectivity index (χ0) is 31.7. The minimum atomic E-state index is -1.11. The lowest BCUT2D eigenvalue weighted by Gasteiger charge is -2.25. The minimum absolute atomic E-state index is 0.0631. The number of aliphatic imine (C=N–C) groups is 2. The highest BCUT2D eigenvalue weighted by Gasteiger charge is 2.29. The SMILES string of the molecule is CC(C)C[C@H](NC(=O)[C@H](CCCN=C(N)N)NC(=O)[C@H](C)NC(=O)[C@H](CCCN=C(N)N)NC(=O)[C@H](C)N)C(N)=O. The molecule has 234 valence electrons. The van der Waals surface area contributed by atoms with Gasteiger partial charge in [0.05, 0.1) is 6.04 Å². The third-order valence-electron chi connectivity index (χ3n) is 5.69. The molecule has 0 aromatic carbocycles. The molecule has 0 unspecified atom stereocenters. The van der Waals surface area contributed by atoms with Gasteiger partial charge in [-0.05, 0) is 51.9 Å². The van der Waals surface area contributed by atoms with Crippen molar-refractivity contribution in [2.45, 2.75) is 90.0 Å². The molecular formula is C24H48N12O5. The van der Waals surface area contributed by atoms with E-state index in [2.05, 4.69) is 31.3 Å². The summed E-state index contributed by atoms with van der Waals surface area (Å²) < 4.78 is 0. The van der Waals surface area contributed by atoms with Crippen LogP contribution in [0.25, 0.3) is 0 Å². The van der Waals surface area contributed by atoms with Crippen molar-refractivity contribution in [1.82, 2.24) is 21.3 Å². The van der Waals surface area contributed by atoms with Crippen molar-refractivity contribution >= 4 is 41.5 Å². The summed E-state index contributed by atoms with van der Waals surface area (Å²) >= 11 is 0. The van der Waals surface area contributed by atoms with Gasteiger partial charge in [0, 0.05) is 13.1 Å². The molecule has 5 atom stereocenters. The molecular weight excluding hydrogens is 536 g/mol. The number of guanidine groups is 2. The molecule has 0 rings (SSSR count). The van der Waals surface area contributed by atoms with Crippen molar-refractivity contribution in [3.05, 3.63) is 0 Å². The predicted molar refractivity (Wildman–Crippen MR) is 156 cm³/mol. The molecule has 17 heteroatoms. The van der Waals surface area contributed by atoms with Crippen LogP contribution in [0.5, 0.6) is 0 Å². The number of nitrogens with two attached hydrogens (primary N) is 6. The van der Waals surface area contributed by atoms with Gasteiger partial charge in [-0.15, -0.1) is 0 Å². The highest BCUT2D eigenvalue weighted by Crippen LogP contribution is 2.07. The molecule has 0 radical (unpaired) electrons. The van der Waals surface area contributed by atoms with E-state index in [4.69, 9.17) is 34.4 Å². The molecule has 0 aliphatic heterocycles. The van der Waals surface area contributed by atoms with Gasteiger partial charge in [0.25, 0.3) is 0 Å². The fraction of sp³-hybridized carbons (Fsp3) is 0.708. The van der Waals surface area contributed by atoms with Gasteiger partial charge in [-0.25, -0.2) is 0 Å². The number of hydrogen-bond donors (Lipinski definition) is 10. The fourth-order valence-corrected chi connectivity index (χ4v) is 3.51. The summed E-state index contributed by atoms with van der Waals surface area (Å²) in [7, 11) is 0. The van der Waals surface area contributed by atoms with Crippen LogP contribution >= 0.6 is 0 Å². The van der Waals surface area contributed by atoms with E-state index in [9.17, 15) is 24.0 Å². The number of amides is 5. The summed E-state index contributed by atoms with van der Waals surface area (Å²) in [5.74, 6) is -3.41. The molecule has 0 bridgehead atoms. The van der Waals surface area contributed by atoms with Gasteiger partial charge in [0.1, 0.15) is 24.2 Å². The second-order valence-electron chi connectivity index (χ2n) is 10.1. The Balaban J connectivity index is 5.55. The van der Waals surface area contributed by atoms with Crippen LogP contribution in [0.2, 0.25) is 0 Å². The molecule has 17 nitrogen and oxygen atoms in total. The number of rotatable bonds is 19. The maximum atomic E-state index is 13.0. The van der Waals surface area contributed by atoms with Crippen LogP contribution in [-0.2, 0) is 24.0 Å². The highest BCUT2D eigenvalue weighted by molar-refractivity contribution is 5.95. The van der Waals surface area contributed by atoms with Gasteiger partial charge in [0.15, 0.2) is 11.9 Å². The van der Waals surface area contributed by atoms with Gasteiger partial charge in [0.2, 0.25) is 29.5 Å². The second-order valence-corrected chi connectivity index (χ2v) is 10.1. The van der Waals surface area contributed by atoms with Crippen LogP contribution in [-0.4, -0.2) is 84.8 Å². The first kappa shape index (κ1) is 36.8. The third-order valence-corrected chi connectivity index (χ3v) is 5.69. The minimum Gasteiger partial charge on any atom is -0.370 e. The van der Waals surface area contributed by atoms with Crippen molar-refractivity contribution in [1.29, 1.82) is 0 Å². The summed E-state index contributed by atoms with van der Waals surface area (Å²) in [6, 6.07) is -5.03. The van der Waals surface area contributed by atoms with Gasteiger partial charge in [-0.1, -0.05) is 13.8 Å². The molecule has 0 aliphatic rings. The zero-order valence-electron chi connectivity index (χ0n) is 24.3. The smallest absolute Gasteiger partial charge is 0.243 e. The van der Waals surface area contributed by atoms with Gasteiger partial charge < -0.3 is 55.7 Å². The van der Waals surface area contributed by atoms with E-state index in [1.54, 1.807) is 0 Å². The van der Waals surface area contributed by atoms with E-state index in [-0.39, 0.29) is 43.8 Å². The van der Waals surface area contributed by atoms with Crippen molar-refractivity contribution < 1.29 is 24.0 Å². The third kappa shape index (κ3) is 16.5. The maximum absolute atomic E-state index is 13.0. The van der Waals surface area contributed by atoms with Crippen LogP contribution in [0.4, 0.5) is 0 Å². The number of carbonyl (C=O) groups is 5. The molecule has 0 aromatic rings. The molecule has 0 aromatic heterocycles. The summed E-state index contributed by atoms with van der Waals surface area (Å²) in [6.45, 7) is 7.02. The number of nitrogens with one attached hydrogen (secondary N) is 4. The Hall–Kier alpha value is -4.15. The van der Waals surface area contributed by atoms with E-state index < -0.39 is 59.7 Å². The summed E-state index contributed by atoms with van der Waals surface area (Å²) in [5.41, 5.74) is 32.4. The predicted octanol–water partition coefficient (Wildman–Crippen LogP) is -4.07. The Bertz CT molecular complexity index is 945. The monoisotopic (exact) mass is 584 g/mol. The quantitative estimate of drug-likeness (QED) is 0.0397. The lowest BCUT2D eigenvalue weighted by atomic mass is 10.0. The van der Waals surface area contributed by atoms with Gasteiger partial charge >= 0.3 is 0 Å². The van der Waals surface area contributed by atoms with Crippen molar-refractivity contribution in [2.75, 3.05) is 13.1 Å². The van der Waals surface area contributed by atoms with Gasteiger partial charge in [-0.3, -0.25) is 34.0 Å². The lowest BCUT2D eigenvalue weighted by Crippen LogP contribution is -2.58. The van der Waals surface area contributed by atoms with E-state index in [1.165, 1.54) is 13.8 Å². The van der Waals surface area contributed by atoms with Crippen LogP contribution in [0.3, 0.4) is 0 Å². The van der Waals surface area contributed by atoms with Crippen LogP contribution in [0.1, 0.15) is 59.8 Å². The Kier molecular flexibility index (Phi) is 17.1. The molecule has 16 N–H and O–H groups in total. The largest absolute Gasteiger partial charge is 0.370 e. The Morgan fingerprint density at radius 3 is 1.41 bits per heavy atom. The second kappa shape index (κ2) is 19.0. The first-order valence-corrected chi connectivity index (χ1v) is 13.4. The first-order valence-electron chi connectivity index (χ1n) is 13.4. The maximum Gasteiger partial charge on any atom is 0.243 e. The molecule has 0 saturated heterocycles. The summed E-state index contributed by atoms with van der Waals surface area (Å²) in [6.07, 6.45) is 1.27. The van der Waals surface area contributed by atoms with E-state index >= 15 is 0 Å². The normalized spacial score (nSPS) is 14.4.